The normalized spacial score (nSPS) is 19.5. The molecule has 0 N–H and O–H groups in total. The first-order valence-corrected chi connectivity index (χ1v) is 13.9. The zero-order valence-corrected chi connectivity index (χ0v) is 21.0. The second-order valence-electron chi connectivity index (χ2n) is 9.38. The average Bonchev–Trinajstić information content (AvgIpc) is 3.70. The second-order valence-corrected chi connectivity index (χ2v) is 11.6. The third-order valence-electron chi connectivity index (χ3n) is 6.98. The van der Waals surface area contributed by atoms with Gasteiger partial charge < -0.3 is 18.6 Å². The lowest BCUT2D eigenvalue weighted by Gasteiger charge is -2.34. The third kappa shape index (κ3) is 4.20. The van der Waals surface area contributed by atoms with Crippen LogP contribution in [0.3, 0.4) is 0 Å². The molecule has 192 valence electrons. The van der Waals surface area contributed by atoms with Gasteiger partial charge in [-0.1, -0.05) is 0 Å². The minimum Gasteiger partial charge on any atom is -0.463 e. The van der Waals surface area contributed by atoms with E-state index in [0.717, 1.165) is 0 Å². The maximum Gasteiger partial charge on any atom is 0.289 e. The Bertz CT molecular complexity index is 1580. The SMILES string of the molecule is Cc1nn(C2CCS(=O)(=O)C2)c2nc(-c3ccco3)cc(C(=O)N3CCN(C(=O)c4ccco4)CC3)c12. The van der Waals surface area contributed by atoms with Crippen LogP contribution < -0.4 is 0 Å². The van der Waals surface area contributed by atoms with Crippen LogP contribution in [0.25, 0.3) is 22.5 Å². The van der Waals surface area contributed by atoms with Gasteiger partial charge in [-0.15, -0.1) is 0 Å². The molecule has 11 nitrogen and oxygen atoms in total. The molecule has 0 aromatic carbocycles. The molecule has 2 aliphatic rings. The van der Waals surface area contributed by atoms with E-state index < -0.39 is 9.84 Å². The van der Waals surface area contributed by atoms with Crippen molar-refractivity contribution >= 4 is 32.7 Å². The summed E-state index contributed by atoms with van der Waals surface area (Å²) >= 11 is 0. The van der Waals surface area contributed by atoms with Crippen molar-refractivity contribution in [3.05, 3.63) is 59.9 Å². The molecule has 2 aliphatic heterocycles. The largest absolute Gasteiger partial charge is 0.463 e. The van der Waals surface area contributed by atoms with Crippen LogP contribution in [0.1, 0.15) is 39.1 Å². The molecule has 6 rings (SSSR count). The lowest BCUT2D eigenvalue weighted by Crippen LogP contribution is -2.50. The van der Waals surface area contributed by atoms with Crippen molar-refractivity contribution < 1.29 is 26.8 Å². The zero-order valence-electron chi connectivity index (χ0n) is 20.2. The molecular weight excluding hydrogens is 498 g/mol. The van der Waals surface area contributed by atoms with Gasteiger partial charge in [-0.3, -0.25) is 9.59 Å². The van der Waals surface area contributed by atoms with Crippen LogP contribution in [0.4, 0.5) is 0 Å². The van der Waals surface area contributed by atoms with E-state index in [-0.39, 0.29) is 35.1 Å². The number of piperazine rings is 1. The van der Waals surface area contributed by atoms with Gasteiger partial charge in [0.25, 0.3) is 11.8 Å². The number of furan rings is 2. The topological polar surface area (TPSA) is 132 Å². The van der Waals surface area contributed by atoms with E-state index >= 15 is 0 Å². The lowest BCUT2D eigenvalue weighted by atomic mass is 10.1. The number of hydrogen-bond acceptors (Lipinski definition) is 8. The predicted molar refractivity (Wildman–Crippen MR) is 133 cm³/mol. The van der Waals surface area contributed by atoms with Gasteiger partial charge in [-0.25, -0.2) is 18.1 Å². The number of pyridine rings is 1. The molecule has 2 amide bonds. The first-order valence-electron chi connectivity index (χ1n) is 12.1. The zero-order chi connectivity index (χ0) is 25.7. The number of aromatic nitrogens is 3. The van der Waals surface area contributed by atoms with Crippen molar-refractivity contribution in [1.82, 2.24) is 24.6 Å². The molecule has 0 spiro atoms. The maximum atomic E-state index is 13.8. The van der Waals surface area contributed by atoms with E-state index in [4.69, 9.17) is 13.8 Å². The van der Waals surface area contributed by atoms with Gasteiger partial charge in [0.15, 0.2) is 27.0 Å². The van der Waals surface area contributed by atoms with Crippen molar-refractivity contribution in [2.75, 3.05) is 37.7 Å². The molecule has 1 unspecified atom stereocenters. The highest BCUT2D eigenvalue weighted by atomic mass is 32.2. The van der Waals surface area contributed by atoms with Crippen LogP contribution in [-0.2, 0) is 9.84 Å². The molecular formula is C25H25N5O6S. The van der Waals surface area contributed by atoms with Crippen molar-refractivity contribution in [3.8, 4) is 11.5 Å². The summed E-state index contributed by atoms with van der Waals surface area (Å²) in [6, 6.07) is 8.15. The van der Waals surface area contributed by atoms with Gasteiger partial charge >= 0.3 is 0 Å². The summed E-state index contributed by atoms with van der Waals surface area (Å²) in [5.74, 6) is 0.456. The fraction of sp³-hybridized carbons (Fsp3) is 0.360. The summed E-state index contributed by atoms with van der Waals surface area (Å²) in [6.07, 6.45) is 3.44. The first-order chi connectivity index (χ1) is 17.8. The minimum atomic E-state index is -3.15. The Labute approximate surface area is 212 Å². The van der Waals surface area contributed by atoms with E-state index in [2.05, 4.69) is 5.10 Å². The molecule has 37 heavy (non-hydrogen) atoms. The second kappa shape index (κ2) is 8.87. The molecule has 0 radical (unpaired) electrons. The predicted octanol–water partition coefficient (Wildman–Crippen LogP) is 2.55. The molecule has 2 fully saturated rings. The highest BCUT2D eigenvalue weighted by molar-refractivity contribution is 7.91. The van der Waals surface area contributed by atoms with E-state index in [1.807, 2.05) is 0 Å². The van der Waals surface area contributed by atoms with Crippen LogP contribution in [0.2, 0.25) is 0 Å². The minimum absolute atomic E-state index is 0.00911. The van der Waals surface area contributed by atoms with Crippen LogP contribution >= 0.6 is 0 Å². The van der Waals surface area contributed by atoms with E-state index in [1.165, 1.54) is 12.5 Å². The molecule has 0 bridgehead atoms. The van der Waals surface area contributed by atoms with Crippen LogP contribution in [0.5, 0.6) is 0 Å². The molecule has 6 heterocycles. The number of aryl methyl sites for hydroxylation is 1. The number of nitrogens with zero attached hydrogens (tertiary/aromatic N) is 5. The van der Waals surface area contributed by atoms with Gasteiger partial charge in [0, 0.05) is 26.2 Å². The Hall–Kier alpha value is -3.93. The monoisotopic (exact) mass is 523 g/mol. The van der Waals surface area contributed by atoms with Crippen molar-refractivity contribution in [2.24, 2.45) is 0 Å². The summed E-state index contributed by atoms with van der Waals surface area (Å²) in [5, 5.41) is 5.23. The third-order valence-corrected chi connectivity index (χ3v) is 8.73. The molecule has 0 saturated carbocycles. The molecule has 4 aromatic rings. The molecule has 12 heteroatoms. The quantitative estimate of drug-likeness (QED) is 0.399. The smallest absolute Gasteiger partial charge is 0.289 e. The number of fused-ring (bicyclic) bond motifs is 1. The number of rotatable bonds is 4. The van der Waals surface area contributed by atoms with Crippen molar-refractivity contribution in [1.29, 1.82) is 0 Å². The highest BCUT2D eigenvalue weighted by Gasteiger charge is 2.34. The molecule has 4 aromatic heterocycles. The summed E-state index contributed by atoms with van der Waals surface area (Å²) in [4.78, 5) is 34.6. The molecule has 1 atom stereocenters. The van der Waals surface area contributed by atoms with Crippen LogP contribution in [0, 0.1) is 6.92 Å². The van der Waals surface area contributed by atoms with Crippen LogP contribution in [-0.4, -0.2) is 82.5 Å². The molecule has 0 aliphatic carbocycles. The fourth-order valence-electron chi connectivity index (χ4n) is 5.09. The lowest BCUT2D eigenvalue weighted by molar-refractivity contribution is 0.0519. The number of carbonyl (C=O) groups excluding carboxylic acids is 2. The van der Waals surface area contributed by atoms with E-state index in [9.17, 15) is 18.0 Å². The number of carbonyl (C=O) groups is 2. The van der Waals surface area contributed by atoms with Crippen LogP contribution in [0.15, 0.2) is 51.7 Å². The maximum absolute atomic E-state index is 13.8. The Morgan fingerprint density at radius 2 is 1.70 bits per heavy atom. The van der Waals surface area contributed by atoms with E-state index in [1.54, 1.807) is 51.7 Å². The van der Waals surface area contributed by atoms with Crippen molar-refractivity contribution in [3.63, 3.8) is 0 Å². The molecule has 2 saturated heterocycles. The number of amides is 2. The summed E-state index contributed by atoms with van der Waals surface area (Å²) in [7, 11) is -3.15. The fourth-order valence-corrected chi connectivity index (χ4v) is 6.79. The van der Waals surface area contributed by atoms with Gasteiger partial charge in [0.2, 0.25) is 0 Å². The Morgan fingerprint density at radius 3 is 2.32 bits per heavy atom. The highest BCUT2D eigenvalue weighted by Crippen LogP contribution is 2.33. The van der Waals surface area contributed by atoms with Crippen molar-refractivity contribution in [2.45, 2.75) is 19.4 Å². The summed E-state index contributed by atoms with van der Waals surface area (Å²) in [6.45, 7) is 3.27. The summed E-state index contributed by atoms with van der Waals surface area (Å²) < 4.78 is 36.8. The number of hydrogen-bond donors (Lipinski definition) is 0. The summed E-state index contributed by atoms with van der Waals surface area (Å²) in [5.41, 5.74) is 1.96. The van der Waals surface area contributed by atoms with E-state index in [0.29, 0.717) is 66.3 Å². The average molecular weight is 524 g/mol. The standard InChI is InChI=1S/C25H25N5O6S/c1-16-22-18(24(31)28-7-9-29(10-8-28)25(32)21-5-3-12-36-21)14-19(20-4-2-11-35-20)26-23(22)30(27-16)17-6-13-37(33,34)15-17/h2-5,11-12,14,17H,6-10,13,15H2,1H3. The Morgan fingerprint density at radius 1 is 1.00 bits per heavy atom. The first kappa shape index (κ1) is 23.5. The van der Waals surface area contributed by atoms with Gasteiger partial charge in [-0.2, -0.15) is 5.10 Å². The Kier molecular flexibility index (Phi) is 5.63. The van der Waals surface area contributed by atoms with Gasteiger partial charge in [-0.05, 0) is 43.7 Å². The van der Waals surface area contributed by atoms with Gasteiger partial charge in [0.05, 0.1) is 46.7 Å². The Balaban J connectivity index is 1.35. The number of sulfone groups is 1. The van der Waals surface area contributed by atoms with Gasteiger partial charge in [0.1, 0.15) is 5.69 Å².